The number of nitriles is 1. The molecule has 2 unspecified atom stereocenters. The van der Waals surface area contributed by atoms with Crippen LogP contribution < -0.4 is 5.19 Å². The Morgan fingerprint density at radius 3 is 1.01 bits per heavy atom. The smallest absolute Gasteiger partial charge is 0.0992 e. The third-order valence-electron chi connectivity index (χ3n) is 17.2. The van der Waals surface area contributed by atoms with Crippen LogP contribution in [0.2, 0.25) is 19.6 Å². The van der Waals surface area contributed by atoms with Crippen molar-refractivity contribution in [2.24, 2.45) is 0 Å². The van der Waals surface area contributed by atoms with E-state index >= 15 is 0 Å². The summed E-state index contributed by atoms with van der Waals surface area (Å²) >= 11 is 0. The van der Waals surface area contributed by atoms with Crippen molar-refractivity contribution >= 4 is 133 Å². The molecular formula is C68H59N3Si. The Morgan fingerprint density at radius 2 is 0.694 bits per heavy atom. The van der Waals surface area contributed by atoms with Crippen LogP contribution in [0.4, 0.5) is 0 Å². The molecule has 4 aromatic heterocycles. The van der Waals surface area contributed by atoms with Gasteiger partial charge in [-0.25, -0.2) is 0 Å². The van der Waals surface area contributed by atoms with E-state index in [4.69, 9.17) is 0 Å². The topological polar surface area (TPSA) is 32.6 Å². The van der Waals surface area contributed by atoms with E-state index in [-0.39, 0.29) is 0 Å². The van der Waals surface area contributed by atoms with E-state index in [2.05, 4.69) is 222 Å². The van der Waals surface area contributed by atoms with Gasteiger partial charge < -0.3 is 8.80 Å². The SMILES string of the molecule is CC(C)c1ccc2cc3c(cc2c1)c1cc(C#N)cc2c4cc5cc(C(C)CCC(C)c6ccc7cc8c(cc7c6)c6cc([Si](C)(C)C)cc7c9cc%10cc(C(C)C)ccc%10cc9n8c76)ccc5cc4n3c12. The van der Waals surface area contributed by atoms with Crippen LogP contribution in [0.1, 0.15) is 106 Å². The van der Waals surface area contributed by atoms with Gasteiger partial charge in [-0.15, -0.1) is 0 Å². The van der Waals surface area contributed by atoms with E-state index in [9.17, 15) is 5.26 Å². The molecule has 0 saturated carbocycles. The predicted molar refractivity (Wildman–Crippen MR) is 314 cm³/mol. The van der Waals surface area contributed by atoms with Gasteiger partial charge in [0.25, 0.3) is 0 Å². The molecule has 10 aromatic carbocycles. The summed E-state index contributed by atoms with van der Waals surface area (Å²) in [5.74, 6) is 1.79. The number of benzene rings is 10. The van der Waals surface area contributed by atoms with Crippen LogP contribution in [0.25, 0.3) is 119 Å². The molecule has 0 amide bonds. The molecule has 0 aliphatic carbocycles. The Morgan fingerprint density at radius 1 is 0.375 bits per heavy atom. The second-order valence-electron chi connectivity index (χ2n) is 23.5. The van der Waals surface area contributed by atoms with Crippen molar-refractivity contribution in [3.63, 3.8) is 0 Å². The second kappa shape index (κ2) is 15.3. The fraction of sp³-hybridized carbons (Fsp3) is 0.221. The first-order chi connectivity index (χ1) is 34.7. The second-order valence-corrected chi connectivity index (χ2v) is 28.5. The third kappa shape index (κ3) is 6.32. The van der Waals surface area contributed by atoms with Crippen molar-refractivity contribution in [1.82, 2.24) is 8.80 Å². The van der Waals surface area contributed by atoms with Gasteiger partial charge in [0.2, 0.25) is 0 Å². The molecule has 0 aliphatic rings. The Labute approximate surface area is 421 Å². The minimum atomic E-state index is -1.63. The van der Waals surface area contributed by atoms with E-state index in [0.29, 0.717) is 29.2 Å². The maximum Gasteiger partial charge on any atom is 0.0992 e. The standard InChI is InChI=1S/C68H59N3Si/c1-37(2)42-12-16-46-30-63-55(26-50(46)22-42)59-20-41(36-69)21-60-56-28-52-24-44(14-18-48(52)32-64(56)70(63)67(59)60)39(5)10-11-40(6)45-15-19-49-33-66-58(29-53(49)25-45)62-35-54(72(7,8)9)34-61-57-27-51-23-43(38(3)4)13-17-47(51)31-65(57)71(66)68(61)62/h12-35,37-40H,10-11H2,1-9H3. The summed E-state index contributed by atoms with van der Waals surface area (Å²) < 4.78 is 5.03. The van der Waals surface area contributed by atoms with Crippen molar-refractivity contribution < 1.29 is 0 Å². The first-order valence-electron chi connectivity index (χ1n) is 26.4. The first kappa shape index (κ1) is 43.3. The number of hydrogen-bond donors (Lipinski definition) is 0. The van der Waals surface area contributed by atoms with Crippen molar-refractivity contribution in [1.29, 1.82) is 5.26 Å². The van der Waals surface area contributed by atoms with Gasteiger partial charge in [-0.3, -0.25) is 0 Å². The number of nitrogens with zero attached hydrogens (tertiary/aromatic N) is 3. The Balaban J connectivity index is 0.795. The van der Waals surface area contributed by atoms with Crippen molar-refractivity contribution in [2.45, 2.75) is 97.7 Å². The molecule has 4 heteroatoms. The van der Waals surface area contributed by atoms with E-state index in [1.165, 1.54) is 136 Å². The minimum absolute atomic E-state index is 0.407. The zero-order valence-corrected chi connectivity index (χ0v) is 43.9. The zero-order valence-electron chi connectivity index (χ0n) is 42.9. The highest BCUT2D eigenvalue weighted by Gasteiger charge is 2.25. The number of rotatable bonds is 8. The average molecular weight is 946 g/mol. The third-order valence-corrected chi connectivity index (χ3v) is 19.2. The van der Waals surface area contributed by atoms with Crippen molar-refractivity contribution in [3.05, 3.63) is 173 Å². The summed E-state index contributed by atoms with van der Waals surface area (Å²) in [5, 5.41) is 32.3. The molecular weight excluding hydrogens is 887 g/mol. The highest BCUT2D eigenvalue weighted by atomic mass is 28.3. The van der Waals surface area contributed by atoms with Crippen molar-refractivity contribution in [3.8, 4) is 6.07 Å². The maximum atomic E-state index is 10.3. The lowest BCUT2D eigenvalue weighted by atomic mass is 9.87. The molecule has 3 nitrogen and oxygen atoms in total. The molecule has 14 rings (SSSR count). The van der Waals surface area contributed by atoms with E-state index < -0.39 is 8.07 Å². The van der Waals surface area contributed by atoms with Crippen LogP contribution in [0, 0.1) is 11.3 Å². The van der Waals surface area contributed by atoms with Gasteiger partial charge in [0.15, 0.2) is 0 Å². The zero-order chi connectivity index (χ0) is 49.2. The maximum absolute atomic E-state index is 10.3. The molecule has 2 atom stereocenters. The molecule has 0 aliphatic heterocycles. The average Bonchev–Trinajstić information content (AvgIpc) is 4.08. The van der Waals surface area contributed by atoms with Crippen LogP contribution in [0.15, 0.2) is 146 Å². The largest absolute Gasteiger partial charge is 0.308 e. The van der Waals surface area contributed by atoms with Crippen LogP contribution in [-0.4, -0.2) is 16.9 Å². The van der Waals surface area contributed by atoms with Crippen LogP contribution in [0.3, 0.4) is 0 Å². The number of hydrogen-bond acceptors (Lipinski definition) is 1. The van der Waals surface area contributed by atoms with Crippen LogP contribution in [0.5, 0.6) is 0 Å². The lowest BCUT2D eigenvalue weighted by molar-refractivity contribution is 0.574. The van der Waals surface area contributed by atoms with E-state index in [1.807, 2.05) is 0 Å². The molecule has 0 radical (unpaired) electrons. The van der Waals surface area contributed by atoms with Crippen LogP contribution in [-0.2, 0) is 0 Å². The summed E-state index contributed by atoms with van der Waals surface area (Å²) in [7, 11) is -1.63. The van der Waals surface area contributed by atoms with Gasteiger partial charge in [0.05, 0.1) is 52.8 Å². The Bertz CT molecular complexity index is 4660. The fourth-order valence-electron chi connectivity index (χ4n) is 12.8. The summed E-state index contributed by atoms with van der Waals surface area (Å²) in [6.07, 6.45) is 2.21. The highest BCUT2D eigenvalue weighted by molar-refractivity contribution is 6.89. The fourth-order valence-corrected chi connectivity index (χ4v) is 13.9. The summed E-state index contributed by atoms with van der Waals surface area (Å²) in [4.78, 5) is 0. The summed E-state index contributed by atoms with van der Waals surface area (Å²) in [6.45, 7) is 21.3. The monoisotopic (exact) mass is 945 g/mol. The van der Waals surface area contributed by atoms with Gasteiger partial charge in [-0.1, -0.05) is 151 Å². The molecule has 0 N–H and O–H groups in total. The first-order valence-corrected chi connectivity index (χ1v) is 29.9. The van der Waals surface area contributed by atoms with Gasteiger partial charge in [-0.2, -0.15) is 5.26 Å². The van der Waals surface area contributed by atoms with Gasteiger partial charge in [0.1, 0.15) is 0 Å². The lowest BCUT2D eigenvalue weighted by Crippen LogP contribution is -2.37. The number of fused-ring (bicyclic) bond motifs is 16. The predicted octanol–water partition coefficient (Wildman–Crippen LogP) is 19.0. The van der Waals surface area contributed by atoms with Gasteiger partial charge in [0, 0.05) is 43.1 Å². The highest BCUT2D eigenvalue weighted by Crippen LogP contribution is 2.45. The van der Waals surface area contributed by atoms with E-state index in [0.717, 1.165) is 23.6 Å². The Hall–Kier alpha value is -7.45. The van der Waals surface area contributed by atoms with Crippen LogP contribution >= 0.6 is 0 Å². The van der Waals surface area contributed by atoms with Gasteiger partial charge in [-0.05, 0) is 163 Å². The number of aromatic nitrogens is 2. The van der Waals surface area contributed by atoms with E-state index in [1.54, 1.807) is 0 Å². The molecule has 72 heavy (non-hydrogen) atoms. The van der Waals surface area contributed by atoms with Crippen molar-refractivity contribution in [2.75, 3.05) is 0 Å². The molecule has 0 bridgehead atoms. The summed E-state index contributed by atoms with van der Waals surface area (Å²) in [5.41, 5.74) is 13.8. The quantitative estimate of drug-likeness (QED) is 0.140. The summed E-state index contributed by atoms with van der Waals surface area (Å²) in [6, 6.07) is 59.4. The normalized spacial score (nSPS) is 13.9. The lowest BCUT2D eigenvalue weighted by Gasteiger charge is -2.18. The minimum Gasteiger partial charge on any atom is -0.308 e. The molecule has 0 spiro atoms. The molecule has 0 fully saturated rings. The molecule has 0 saturated heterocycles. The van der Waals surface area contributed by atoms with Gasteiger partial charge >= 0.3 is 0 Å². The molecule has 350 valence electrons. The molecule has 14 aromatic rings. The molecule has 4 heterocycles. The Kier molecular flexibility index (Phi) is 9.20.